The molecule has 2 saturated heterocycles. The minimum Gasteiger partial charge on any atom is -0.457 e. The van der Waals surface area contributed by atoms with Crippen LogP contribution in [0.15, 0.2) is 0 Å². The molecule has 0 saturated carbocycles. The van der Waals surface area contributed by atoms with E-state index in [0.29, 0.717) is 0 Å². The van der Waals surface area contributed by atoms with Gasteiger partial charge < -0.3 is 29.4 Å². The molecule has 0 bridgehead atoms. The lowest BCUT2D eigenvalue weighted by Crippen LogP contribution is -2.68. The number of fused-ring (bicyclic) bond motifs is 1. The van der Waals surface area contributed by atoms with Crippen LogP contribution in [0.3, 0.4) is 0 Å². The molecule has 5 atom stereocenters. The topological polar surface area (TPSA) is 103 Å². The van der Waals surface area contributed by atoms with Crippen molar-refractivity contribution in [2.45, 2.75) is 64.1 Å². The van der Waals surface area contributed by atoms with Gasteiger partial charge in [-0.2, -0.15) is 0 Å². The molecule has 21 heavy (non-hydrogen) atoms. The summed E-state index contributed by atoms with van der Waals surface area (Å²) >= 11 is 0. The summed E-state index contributed by atoms with van der Waals surface area (Å²) in [4.78, 5) is 22.6. The lowest BCUT2D eigenvalue weighted by atomic mass is 9.95. The molecule has 120 valence electrons. The van der Waals surface area contributed by atoms with Crippen LogP contribution in [0.25, 0.3) is 0 Å². The molecule has 1 amide bonds. The smallest absolute Gasteiger partial charge is 0.303 e. The van der Waals surface area contributed by atoms with E-state index in [9.17, 15) is 14.7 Å². The third-order valence-corrected chi connectivity index (χ3v) is 3.35. The van der Waals surface area contributed by atoms with Crippen molar-refractivity contribution in [3.05, 3.63) is 0 Å². The molecule has 2 N–H and O–H groups in total. The number of carbonyl (C=O) groups is 2. The van der Waals surface area contributed by atoms with Crippen LogP contribution in [0.4, 0.5) is 0 Å². The standard InChI is InChI=1S/C13H21NO7/c1-6(15)14-9-11(19-7(2)16)10-8(20-12(9)17)5-18-13(3,4)21-10/h8-12,17H,5H2,1-4H3,(H,14,15)/t8-,9-,10+,11+,12?/m0/s1. The van der Waals surface area contributed by atoms with Gasteiger partial charge in [0, 0.05) is 13.8 Å². The Bertz CT molecular complexity index is 425. The van der Waals surface area contributed by atoms with E-state index in [0.717, 1.165) is 0 Å². The zero-order valence-electron chi connectivity index (χ0n) is 12.5. The number of esters is 1. The van der Waals surface area contributed by atoms with Gasteiger partial charge in [-0.3, -0.25) is 9.59 Å². The molecule has 2 heterocycles. The Labute approximate surface area is 122 Å². The maximum absolute atomic E-state index is 11.3. The van der Waals surface area contributed by atoms with Crippen molar-refractivity contribution in [2.75, 3.05) is 6.61 Å². The van der Waals surface area contributed by atoms with E-state index >= 15 is 0 Å². The number of hydrogen-bond donors (Lipinski definition) is 2. The molecule has 2 aliphatic heterocycles. The van der Waals surface area contributed by atoms with Crippen molar-refractivity contribution in [1.29, 1.82) is 0 Å². The number of hydrogen-bond acceptors (Lipinski definition) is 7. The lowest BCUT2D eigenvalue weighted by Gasteiger charge is -2.49. The second kappa shape index (κ2) is 5.88. The van der Waals surface area contributed by atoms with Gasteiger partial charge in [-0.1, -0.05) is 0 Å². The van der Waals surface area contributed by atoms with E-state index in [4.69, 9.17) is 18.9 Å². The van der Waals surface area contributed by atoms with Gasteiger partial charge in [-0.15, -0.1) is 0 Å². The summed E-state index contributed by atoms with van der Waals surface area (Å²) in [5, 5.41) is 12.6. The minimum atomic E-state index is -1.31. The molecule has 8 heteroatoms. The fourth-order valence-electron chi connectivity index (χ4n) is 2.56. The highest BCUT2D eigenvalue weighted by Crippen LogP contribution is 2.33. The predicted molar refractivity (Wildman–Crippen MR) is 68.9 cm³/mol. The van der Waals surface area contributed by atoms with E-state index < -0.39 is 42.4 Å². The summed E-state index contributed by atoms with van der Waals surface area (Å²) in [6.45, 7) is 6.21. The van der Waals surface area contributed by atoms with Crippen molar-refractivity contribution in [3.63, 3.8) is 0 Å². The highest BCUT2D eigenvalue weighted by atomic mass is 16.7. The summed E-state index contributed by atoms with van der Waals surface area (Å²) in [6.07, 6.45) is -3.39. The number of ether oxygens (including phenoxy) is 4. The van der Waals surface area contributed by atoms with Gasteiger partial charge in [-0.25, -0.2) is 0 Å². The molecule has 2 aliphatic rings. The lowest BCUT2D eigenvalue weighted by molar-refractivity contribution is -0.364. The first-order valence-electron chi connectivity index (χ1n) is 6.79. The van der Waals surface area contributed by atoms with Gasteiger partial charge >= 0.3 is 5.97 Å². The Morgan fingerprint density at radius 3 is 2.57 bits per heavy atom. The fourth-order valence-corrected chi connectivity index (χ4v) is 2.56. The van der Waals surface area contributed by atoms with Gasteiger partial charge in [0.15, 0.2) is 18.2 Å². The molecule has 2 fully saturated rings. The number of nitrogens with one attached hydrogen (secondary N) is 1. The summed E-state index contributed by atoms with van der Waals surface area (Å²) < 4.78 is 21.9. The highest BCUT2D eigenvalue weighted by molar-refractivity contribution is 5.73. The molecule has 0 aromatic carbocycles. The molecule has 0 aromatic rings. The van der Waals surface area contributed by atoms with Crippen LogP contribution in [0.1, 0.15) is 27.7 Å². The fraction of sp³-hybridized carbons (Fsp3) is 0.846. The van der Waals surface area contributed by atoms with Crippen LogP contribution < -0.4 is 5.32 Å². The van der Waals surface area contributed by atoms with Crippen molar-refractivity contribution >= 4 is 11.9 Å². The van der Waals surface area contributed by atoms with E-state index in [2.05, 4.69) is 5.32 Å². The van der Waals surface area contributed by atoms with Crippen molar-refractivity contribution < 1.29 is 33.6 Å². The third kappa shape index (κ3) is 3.70. The average Bonchev–Trinajstić information content (AvgIpc) is 2.33. The maximum Gasteiger partial charge on any atom is 0.303 e. The summed E-state index contributed by atoms with van der Waals surface area (Å²) in [6, 6.07) is -0.901. The largest absolute Gasteiger partial charge is 0.457 e. The first kappa shape index (κ1) is 16.2. The monoisotopic (exact) mass is 303 g/mol. The minimum absolute atomic E-state index is 0.194. The molecule has 0 aromatic heterocycles. The summed E-state index contributed by atoms with van der Waals surface area (Å²) in [7, 11) is 0. The zero-order chi connectivity index (χ0) is 15.8. The highest BCUT2D eigenvalue weighted by Gasteiger charge is 2.52. The number of aliphatic hydroxyl groups excluding tert-OH is 1. The van der Waals surface area contributed by atoms with E-state index in [-0.39, 0.29) is 12.5 Å². The first-order valence-corrected chi connectivity index (χ1v) is 6.79. The van der Waals surface area contributed by atoms with Gasteiger partial charge in [0.2, 0.25) is 5.91 Å². The quantitative estimate of drug-likeness (QED) is 0.650. The van der Waals surface area contributed by atoms with Crippen molar-refractivity contribution in [3.8, 4) is 0 Å². The molecule has 1 unspecified atom stereocenters. The normalized spacial score (nSPS) is 38.2. The molecule has 8 nitrogen and oxygen atoms in total. The average molecular weight is 303 g/mol. The van der Waals surface area contributed by atoms with Crippen molar-refractivity contribution in [2.24, 2.45) is 0 Å². The van der Waals surface area contributed by atoms with E-state index in [1.54, 1.807) is 13.8 Å². The van der Waals surface area contributed by atoms with Crippen molar-refractivity contribution in [1.82, 2.24) is 5.32 Å². The Morgan fingerprint density at radius 1 is 1.33 bits per heavy atom. The Hall–Kier alpha value is -1.22. The predicted octanol–water partition coefficient (Wildman–Crippen LogP) is -0.708. The molecular formula is C13H21NO7. The zero-order valence-corrected chi connectivity index (χ0v) is 12.5. The second-order valence-electron chi connectivity index (χ2n) is 5.66. The SMILES string of the molecule is CC(=O)N[C@@H]1C(O)O[C@H]2COC(C)(C)O[C@H]2[C@@H]1OC(C)=O. The maximum atomic E-state index is 11.3. The van der Waals surface area contributed by atoms with Crippen LogP contribution in [-0.2, 0) is 28.5 Å². The number of rotatable bonds is 2. The van der Waals surface area contributed by atoms with E-state index in [1.165, 1.54) is 13.8 Å². The van der Waals surface area contributed by atoms with Gasteiger partial charge in [0.1, 0.15) is 18.2 Å². The molecule has 0 aliphatic carbocycles. The van der Waals surface area contributed by atoms with Crippen LogP contribution in [0.5, 0.6) is 0 Å². The molecule has 2 rings (SSSR count). The van der Waals surface area contributed by atoms with Crippen LogP contribution in [0, 0.1) is 0 Å². The van der Waals surface area contributed by atoms with Gasteiger partial charge in [0.05, 0.1) is 6.61 Å². The number of amides is 1. The van der Waals surface area contributed by atoms with Gasteiger partial charge in [-0.05, 0) is 13.8 Å². The van der Waals surface area contributed by atoms with E-state index in [1.807, 2.05) is 0 Å². The Kier molecular flexibility index (Phi) is 4.52. The molecule has 0 radical (unpaired) electrons. The van der Waals surface area contributed by atoms with Crippen LogP contribution in [-0.4, -0.2) is 60.0 Å². The Morgan fingerprint density at radius 2 is 2.00 bits per heavy atom. The second-order valence-corrected chi connectivity index (χ2v) is 5.66. The Balaban J connectivity index is 2.25. The number of carbonyl (C=O) groups excluding carboxylic acids is 2. The molecule has 0 spiro atoms. The third-order valence-electron chi connectivity index (χ3n) is 3.35. The van der Waals surface area contributed by atoms with Gasteiger partial charge in [0.25, 0.3) is 0 Å². The molecular weight excluding hydrogens is 282 g/mol. The summed E-state index contributed by atoms with van der Waals surface area (Å²) in [5.74, 6) is -1.77. The summed E-state index contributed by atoms with van der Waals surface area (Å²) in [5.41, 5.74) is 0. The number of aliphatic hydroxyl groups is 1. The van der Waals surface area contributed by atoms with Crippen LogP contribution in [0.2, 0.25) is 0 Å². The van der Waals surface area contributed by atoms with Crippen LogP contribution >= 0.6 is 0 Å². The first-order chi connectivity index (χ1) is 9.69.